The van der Waals surface area contributed by atoms with Crippen molar-refractivity contribution in [2.75, 3.05) is 13.1 Å². The number of hydrogen-bond acceptors (Lipinski definition) is 3. The number of nitrogens with zero attached hydrogens (tertiary/aromatic N) is 1. The highest BCUT2D eigenvalue weighted by molar-refractivity contribution is 5.97. The molecule has 0 aromatic heterocycles. The van der Waals surface area contributed by atoms with Crippen LogP contribution in [0.15, 0.2) is 0 Å². The Balaban J connectivity index is 2.64. The summed E-state index contributed by atoms with van der Waals surface area (Å²) in [5.74, 6) is 1.73. The first-order chi connectivity index (χ1) is 7.74. The van der Waals surface area contributed by atoms with Gasteiger partial charge in [-0.1, -0.05) is 6.92 Å². The molecule has 0 aliphatic carbocycles. The van der Waals surface area contributed by atoms with Gasteiger partial charge in [0.05, 0.1) is 5.92 Å². The van der Waals surface area contributed by atoms with Crippen LogP contribution in [0.3, 0.4) is 0 Å². The van der Waals surface area contributed by atoms with Gasteiger partial charge >= 0.3 is 6.09 Å². The van der Waals surface area contributed by atoms with E-state index in [1.165, 1.54) is 0 Å². The van der Waals surface area contributed by atoms with Crippen molar-refractivity contribution in [2.45, 2.75) is 33.3 Å². The Hall–Kier alpha value is -1.50. The highest BCUT2D eigenvalue weighted by Gasteiger charge is 2.37. The zero-order valence-corrected chi connectivity index (χ0v) is 10.8. The monoisotopic (exact) mass is 237 g/mol. The van der Waals surface area contributed by atoms with Gasteiger partial charge in [0.2, 0.25) is 5.78 Å². The minimum absolute atomic E-state index is 0.0890. The Kier molecular flexibility index (Phi) is 3.82. The molecule has 0 spiro atoms. The standard InChI is InChI=1S/C13H19NO3/c1-6-11(15)10-8-14(7-9(10)2)12(16)17-13(3,4)5/h1,9-10H,7-8H2,2-5H3. The van der Waals surface area contributed by atoms with Crippen molar-refractivity contribution < 1.29 is 14.3 Å². The van der Waals surface area contributed by atoms with E-state index in [2.05, 4.69) is 5.92 Å². The van der Waals surface area contributed by atoms with Gasteiger partial charge < -0.3 is 9.64 Å². The van der Waals surface area contributed by atoms with E-state index in [9.17, 15) is 9.59 Å². The van der Waals surface area contributed by atoms with Gasteiger partial charge in [-0.15, -0.1) is 6.42 Å². The van der Waals surface area contributed by atoms with Crippen molar-refractivity contribution in [3.8, 4) is 12.3 Å². The summed E-state index contributed by atoms with van der Waals surface area (Å²) in [6.45, 7) is 8.24. The first-order valence-electron chi connectivity index (χ1n) is 5.73. The molecule has 0 aromatic rings. The molecule has 4 heteroatoms. The maximum atomic E-state index is 11.8. The van der Waals surface area contributed by atoms with Gasteiger partial charge in [0.15, 0.2) is 0 Å². The summed E-state index contributed by atoms with van der Waals surface area (Å²) in [6, 6.07) is 0. The van der Waals surface area contributed by atoms with E-state index in [1.807, 2.05) is 27.7 Å². The van der Waals surface area contributed by atoms with Crippen LogP contribution < -0.4 is 0 Å². The van der Waals surface area contributed by atoms with Gasteiger partial charge in [0, 0.05) is 13.1 Å². The second kappa shape index (κ2) is 4.79. The fraction of sp³-hybridized carbons (Fsp3) is 0.692. The molecule has 0 N–H and O–H groups in total. The second-order valence-electron chi connectivity index (χ2n) is 5.48. The van der Waals surface area contributed by atoms with Crippen LogP contribution in [0.5, 0.6) is 0 Å². The number of Topliss-reactive ketones (excluding diaryl/α,β-unsaturated/α-hetero) is 1. The van der Waals surface area contributed by atoms with E-state index in [1.54, 1.807) is 4.90 Å². The molecule has 1 saturated heterocycles. The van der Waals surface area contributed by atoms with Crippen LogP contribution in [0.1, 0.15) is 27.7 Å². The fourth-order valence-corrected chi connectivity index (χ4v) is 1.89. The summed E-state index contributed by atoms with van der Waals surface area (Å²) >= 11 is 0. The van der Waals surface area contributed by atoms with E-state index in [0.29, 0.717) is 13.1 Å². The van der Waals surface area contributed by atoms with Crippen molar-refractivity contribution in [3.63, 3.8) is 0 Å². The predicted molar refractivity (Wildman–Crippen MR) is 64.3 cm³/mol. The van der Waals surface area contributed by atoms with E-state index in [0.717, 1.165) is 0 Å². The molecule has 2 atom stereocenters. The highest BCUT2D eigenvalue weighted by Crippen LogP contribution is 2.25. The number of rotatable bonds is 1. The lowest BCUT2D eigenvalue weighted by Crippen LogP contribution is -2.35. The molecule has 0 bridgehead atoms. The molecule has 1 rings (SSSR count). The number of ketones is 1. The number of carbonyl (C=O) groups excluding carboxylic acids is 2. The first kappa shape index (κ1) is 13.6. The van der Waals surface area contributed by atoms with Gasteiger partial charge in [0.1, 0.15) is 5.60 Å². The van der Waals surface area contributed by atoms with Crippen LogP contribution in [0.2, 0.25) is 0 Å². The average molecular weight is 237 g/mol. The smallest absolute Gasteiger partial charge is 0.410 e. The lowest BCUT2D eigenvalue weighted by atomic mass is 9.94. The Morgan fingerprint density at radius 1 is 1.35 bits per heavy atom. The lowest BCUT2D eigenvalue weighted by molar-refractivity contribution is -0.117. The van der Waals surface area contributed by atoms with Gasteiger partial charge in [-0.2, -0.15) is 0 Å². The molecule has 1 fully saturated rings. The Bertz CT molecular complexity index is 362. The van der Waals surface area contributed by atoms with Crippen LogP contribution in [0.4, 0.5) is 4.79 Å². The second-order valence-corrected chi connectivity index (χ2v) is 5.48. The zero-order valence-electron chi connectivity index (χ0n) is 10.8. The number of terminal acetylenes is 1. The van der Waals surface area contributed by atoms with Crippen molar-refractivity contribution in [2.24, 2.45) is 11.8 Å². The van der Waals surface area contributed by atoms with E-state index in [-0.39, 0.29) is 23.7 Å². The van der Waals surface area contributed by atoms with Crippen molar-refractivity contribution in [3.05, 3.63) is 0 Å². The quantitative estimate of drug-likeness (QED) is 0.515. The third-order valence-electron chi connectivity index (χ3n) is 2.74. The topological polar surface area (TPSA) is 46.6 Å². The van der Waals surface area contributed by atoms with E-state index in [4.69, 9.17) is 11.2 Å². The van der Waals surface area contributed by atoms with Crippen molar-refractivity contribution in [1.82, 2.24) is 4.90 Å². The number of hydrogen-bond donors (Lipinski definition) is 0. The zero-order chi connectivity index (χ0) is 13.2. The minimum Gasteiger partial charge on any atom is -0.444 e. The summed E-state index contributed by atoms with van der Waals surface area (Å²) < 4.78 is 5.26. The fourth-order valence-electron chi connectivity index (χ4n) is 1.89. The summed E-state index contributed by atoms with van der Waals surface area (Å²) in [6.07, 6.45) is 4.73. The molecule has 0 aromatic carbocycles. The number of likely N-dealkylation sites (tertiary alicyclic amines) is 1. The van der Waals surface area contributed by atoms with Gasteiger partial charge in [-0.05, 0) is 32.6 Å². The summed E-state index contributed by atoms with van der Waals surface area (Å²) in [4.78, 5) is 24.8. The Labute approximate surface area is 102 Å². The molecular formula is C13H19NO3. The normalized spacial score (nSPS) is 24.3. The molecular weight excluding hydrogens is 218 g/mol. The van der Waals surface area contributed by atoms with E-state index < -0.39 is 5.60 Å². The van der Waals surface area contributed by atoms with Crippen LogP contribution in [0.25, 0.3) is 0 Å². The molecule has 1 heterocycles. The Morgan fingerprint density at radius 3 is 2.41 bits per heavy atom. The average Bonchev–Trinajstić information content (AvgIpc) is 2.57. The molecule has 1 aliphatic heterocycles. The highest BCUT2D eigenvalue weighted by atomic mass is 16.6. The molecule has 94 valence electrons. The maximum absolute atomic E-state index is 11.8. The first-order valence-corrected chi connectivity index (χ1v) is 5.73. The molecule has 1 aliphatic rings. The number of ether oxygens (including phenoxy) is 1. The Morgan fingerprint density at radius 2 is 1.94 bits per heavy atom. The summed E-state index contributed by atoms with van der Waals surface area (Å²) in [7, 11) is 0. The molecule has 0 radical (unpaired) electrons. The third-order valence-corrected chi connectivity index (χ3v) is 2.74. The minimum atomic E-state index is -0.519. The summed E-state index contributed by atoms with van der Waals surface area (Å²) in [5, 5.41) is 0. The number of amides is 1. The number of carbonyl (C=O) groups is 2. The SMILES string of the molecule is C#CC(=O)C1CN(C(=O)OC(C)(C)C)CC1C. The predicted octanol–water partition coefficient (Wildman–Crippen LogP) is 1.69. The van der Waals surface area contributed by atoms with Crippen LogP contribution in [0, 0.1) is 24.2 Å². The third kappa shape index (κ3) is 3.48. The molecule has 4 nitrogen and oxygen atoms in total. The van der Waals surface area contributed by atoms with Crippen LogP contribution >= 0.6 is 0 Å². The van der Waals surface area contributed by atoms with Crippen molar-refractivity contribution >= 4 is 11.9 Å². The van der Waals surface area contributed by atoms with E-state index >= 15 is 0 Å². The van der Waals surface area contributed by atoms with Gasteiger partial charge in [-0.25, -0.2) is 4.79 Å². The molecule has 17 heavy (non-hydrogen) atoms. The van der Waals surface area contributed by atoms with Crippen LogP contribution in [-0.4, -0.2) is 35.5 Å². The lowest BCUT2D eigenvalue weighted by Gasteiger charge is -2.24. The van der Waals surface area contributed by atoms with Crippen molar-refractivity contribution in [1.29, 1.82) is 0 Å². The maximum Gasteiger partial charge on any atom is 0.410 e. The molecule has 0 saturated carbocycles. The van der Waals surface area contributed by atoms with Gasteiger partial charge in [0.25, 0.3) is 0 Å². The largest absolute Gasteiger partial charge is 0.444 e. The molecule has 1 amide bonds. The van der Waals surface area contributed by atoms with Gasteiger partial charge in [-0.3, -0.25) is 4.79 Å². The molecule has 2 unspecified atom stereocenters. The van der Waals surface area contributed by atoms with Crippen LogP contribution in [-0.2, 0) is 9.53 Å². The summed E-state index contributed by atoms with van der Waals surface area (Å²) in [5.41, 5.74) is -0.519.